The van der Waals surface area contributed by atoms with Crippen LogP contribution in [0.1, 0.15) is 21.5 Å². The van der Waals surface area contributed by atoms with E-state index in [-0.39, 0.29) is 5.91 Å². The van der Waals surface area contributed by atoms with Gasteiger partial charge < -0.3 is 5.73 Å². The molecule has 0 heterocycles. The van der Waals surface area contributed by atoms with Crippen molar-refractivity contribution < 1.29 is 9.59 Å². The molecule has 0 aliphatic carbocycles. The number of carbonyl (C=O) groups excluding carboxylic acids is 2. The molecule has 0 fully saturated rings. The van der Waals surface area contributed by atoms with Crippen LogP contribution in [0.5, 0.6) is 0 Å². The van der Waals surface area contributed by atoms with Gasteiger partial charge in [-0.25, -0.2) is 4.90 Å². The molecule has 0 aliphatic heterocycles. The van der Waals surface area contributed by atoms with Gasteiger partial charge in [-0.3, -0.25) is 9.59 Å². The quantitative estimate of drug-likeness (QED) is 0.756. The van der Waals surface area contributed by atoms with Gasteiger partial charge in [0.15, 0.2) is 0 Å². The molecule has 3 rings (SSSR count). The maximum absolute atomic E-state index is 13.2. The Morgan fingerprint density at radius 1 is 0.852 bits per heavy atom. The Bertz CT molecular complexity index is 923. The third-order valence-corrected chi connectivity index (χ3v) is 4.42. The summed E-state index contributed by atoms with van der Waals surface area (Å²) >= 11 is 0. The highest BCUT2D eigenvalue weighted by molar-refractivity contribution is 6.22. The molecule has 27 heavy (non-hydrogen) atoms. The molecular formula is C23H22N2O2. The third-order valence-electron chi connectivity index (χ3n) is 4.42. The van der Waals surface area contributed by atoms with Crippen molar-refractivity contribution in [2.45, 2.75) is 19.4 Å². The van der Waals surface area contributed by atoms with Crippen molar-refractivity contribution in [1.82, 2.24) is 0 Å². The molecule has 2 N–H and O–H groups in total. The highest BCUT2D eigenvalue weighted by Gasteiger charge is 2.29. The van der Waals surface area contributed by atoms with Crippen LogP contribution in [0, 0.1) is 6.92 Å². The first-order chi connectivity index (χ1) is 13.1. The molecule has 3 aromatic carbocycles. The number of aryl methyl sites for hydroxylation is 1. The lowest BCUT2D eigenvalue weighted by atomic mass is 10.0. The van der Waals surface area contributed by atoms with E-state index >= 15 is 0 Å². The Kier molecular flexibility index (Phi) is 5.79. The minimum Gasteiger partial charge on any atom is -0.320 e. The van der Waals surface area contributed by atoms with E-state index in [1.165, 1.54) is 4.90 Å². The predicted octanol–water partition coefficient (Wildman–Crippen LogP) is 3.74. The SMILES string of the molecule is Cc1ccccc1N(C(=O)c1ccccc1)C(=O)[C@H](N)Cc1ccccc1. The van der Waals surface area contributed by atoms with Gasteiger partial charge in [0.2, 0.25) is 0 Å². The lowest BCUT2D eigenvalue weighted by molar-refractivity contribution is -0.119. The number of amides is 2. The fourth-order valence-corrected chi connectivity index (χ4v) is 2.97. The number of nitrogens with zero attached hydrogens (tertiary/aromatic N) is 1. The summed E-state index contributed by atoms with van der Waals surface area (Å²) in [6.07, 6.45) is 0.365. The molecule has 0 bridgehead atoms. The number of para-hydroxylation sites is 1. The Morgan fingerprint density at radius 3 is 2.04 bits per heavy atom. The van der Waals surface area contributed by atoms with Crippen LogP contribution >= 0.6 is 0 Å². The minimum atomic E-state index is -0.820. The summed E-state index contributed by atoms with van der Waals surface area (Å²) in [5.74, 6) is -0.791. The van der Waals surface area contributed by atoms with E-state index in [0.29, 0.717) is 17.7 Å². The molecule has 0 radical (unpaired) electrons. The molecule has 4 nitrogen and oxygen atoms in total. The van der Waals surface area contributed by atoms with Crippen molar-refractivity contribution in [3.05, 3.63) is 102 Å². The summed E-state index contributed by atoms with van der Waals surface area (Å²) in [5.41, 5.74) is 9.00. The maximum atomic E-state index is 13.2. The van der Waals surface area contributed by atoms with Gasteiger partial charge in [0.1, 0.15) is 0 Å². The zero-order valence-corrected chi connectivity index (χ0v) is 15.2. The number of rotatable bonds is 5. The minimum absolute atomic E-state index is 0.365. The van der Waals surface area contributed by atoms with Gasteiger partial charge in [-0.1, -0.05) is 66.7 Å². The van der Waals surface area contributed by atoms with Crippen LogP contribution in [0.4, 0.5) is 5.69 Å². The molecule has 3 aromatic rings. The van der Waals surface area contributed by atoms with E-state index in [1.54, 1.807) is 30.3 Å². The summed E-state index contributed by atoms with van der Waals surface area (Å²) < 4.78 is 0. The predicted molar refractivity (Wildman–Crippen MR) is 108 cm³/mol. The lowest BCUT2D eigenvalue weighted by Crippen LogP contribution is -2.48. The average Bonchev–Trinajstić information content (AvgIpc) is 2.70. The molecule has 0 unspecified atom stereocenters. The van der Waals surface area contributed by atoms with Crippen LogP contribution in [-0.2, 0) is 11.2 Å². The van der Waals surface area contributed by atoms with Crippen LogP contribution in [0.25, 0.3) is 0 Å². The number of nitrogens with two attached hydrogens (primary N) is 1. The monoisotopic (exact) mass is 358 g/mol. The normalized spacial score (nSPS) is 11.6. The van der Waals surface area contributed by atoms with E-state index in [2.05, 4.69) is 0 Å². The van der Waals surface area contributed by atoms with E-state index in [1.807, 2.05) is 61.5 Å². The van der Waals surface area contributed by atoms with Crippen LogP contribution < -0.4 is 10.6 Å². The van der Waals surface area contributed by atoms with Crippen LogP contribution in [0.3, 0.4) is 0 Å². The molecule has 4 heteroatoms. The smallest absolute Gasteiger partial charge is 0.265 e. The van der Waals surface area contributed by atoms with Crippen LogP contribution in [0.15, 0.2) is 84.9 Å². The van der Waals surface area contributed by atoms with Gasteiger partial charge in [-0.15, -0.1) is 0 Å². The number of anilines is 1. The number of imide groups is 1. The topological polar surface area (TPSA) is 63.4 Å². The van der Waals surface area contributed by atoms with Gasteiger partial charge in [-0.05, 0) is 42.7 Å². The van der Waals surface area contributed by atoms with Crippen LogP contribution in [0.2, 0.25) is 0 Å². The van der Waals surface area contributed by atoms with Crippen molar-refractivity contribution in [1.29, 1.82) is 0 Å². The summed E-state index contributed by atoms with van der Waals surface area (Å²) in [6, 6.07) is 24.8. The van der Waals surface area contributed by atoms with E-state index in [4.69, 9.17) is 5.73 Å². The van der Waals surface area contributed by atoms with Gasteiger partial charge >= 0.3 is 0 Å². The Hall–Kier alpha value is -3.24. The summed E-state index contributed by atoms with van der Waals surface area (Å²) in [5, 5.41) is 0. The van der Waals surface area contributed by atoms with E-state index < -0.39 is 11.9 Å². The molecule has 0 aromatic heterocycles. The van der Waals surface area contributed by atoms with Crippen molar-refractivity contribution in [2.75, 3.05) is 4.90 Å². The van der Waals surface area contributed by atoms with Gasteiger partial charge in [-0.2, -0.15) is 0 Å². The first kappa shape index (κ1) is 18.5. The molecule has 136 valence electrons. The van der Waals surface area contributed by atoms with Crippen LogP contribution in [-0.4, -0.2) is 17.9 Å². The molecule has 0 aliphatic rings. The van der Waals surface area contributed by atoms with Gasteiger partial charge in [0, 0.05) is 5.56 Å². The van der Waals surface area contributed by atoms with Crippen molar-refractivity contribution in [3.63, 3.8) is 0 Å². The fourth-order valence-electron chi connectivity index (χ4n) is 2.97. The van der Waals surface area contributed by atoms with E-state index in [0.717, 1.165) is 11.1 Å². The molecular weight excluding hydrogens is 336 g/mol. The van der Waals surface area contributed by atoms with Crippen molar-refractivity contribution in [3.8, 4) is 0 Å². The summed E-state index contributed by atoms with van der Waals surface area (Å²) in [7, 11) is 0. The molecule has 0 saturated heterocycles. The second-order valence-corrected chi connectivity index (χ2v) is 6.43. The Balaban J connectivity index is 1.95. The first-order valence-corrected chi connectivity index (χ1v) is 8.86. The second-order valence-electron chi connectivity index (χ2n) is 6.43. The molecule has 0 spiro atoms. The first-order valence-electron chi connectivity index (χ1n) is 8.86. The molecule has 2 amide bonds. The molecule has 0 saturated carbocycles. The Labute approximate surface area is 159 Å². The van der Waals surface area contributed by atoms with Gasteiger partial charge in [0.05, 0.1) is 11.7 Å². The Morgan fingerprint density at radius 2 is 1.41 bits per heavy atom. The highest BCUT2D eigenvalue weighted by Crippen LogP contribution is 2.23. The lowest BCUT2D eigenvalue weighted by Gasteiger charge is -2.25. The van der Waals surface area contributed by atoms with Crippen molar-refractivity contribution >= 4 is 17.5 Å². The van der Waals surface area contributed by atoms with Crippen molar-refractivity contribution in [2.24, 2.45) is 5.73 Å². The average molecular weight is 358 g/mol. The number of benzene rings is 3. The third kappa shape index (κ3) is 4.30. The summed E-state index contributed by atoms with van der Waals surface area (Å²) in [4.78, 5) is 27.5. The second kappa shape index (κ2) is 8.43. The maximum Gasteiger partial charge on any atom is 0.265 e. The van der Waals surface area contributed by atoms with Gasteiger partial charge in [0.25, 0.3) is 11.8 Å². The number of carbonyl (C=O) groups is 2. The number of hydrogen-bond donors (Lipinski definition) is 1. The summed E-state index contributed by atoms with van der Waals surface area (Å²) in [6.45, 7) is 1.87. The zero-order valence-electron chi connectivity index (χ0n) is 15.2. The largest absolute Gasteiger partial charge is 0.320 e. The fraction of sp³-hybridized carbons (Fsp3) is 0.130. The van der Waals surface area contributed by atoms with E-state index in [9.17, 15) is 9.59 Å². The highest BCUT2D eigenvalue weighted by atomic mass is 16.2. The molecule has 1 atom stereocenters. The number of hydrogen-bond acceptors (Lipinski definition) is 3. The zero-order chi connectivity index (χ0) is 19.2. The standard InChI is InChI=1S/C23H22N2O2/c1-17-10-8-9-15-21(17)25(22(26)19-13-6-3-7-14-19)23(27)20(24)16-18-11-4-2-5-12-18/h2-15,20H,16,24H2,1H3/t20-/m1/s1.